The van der Waals surface area contributed by atoms with Crippen LogP contribution in [0.3, 0.4) is 0 Å². The highest BCUT2D eigenvalue weighted by Crippen LogP contribution is 2.44. The van der Waals surface area contributed by atoms with Crippen molar-refractivity contribution in [3.63, 3.8) is 0 Å². The smallest absolute Gasteiger partial charge is 0.0546 e. The molecular formula is C44H31N. The summed E-state index contributed by atoms with van der Waals surface area (Å²) in [5.41, 5.74) is 10.6. The van der Waals surface area contributed by atoms with Crippen LogP contribution in [-0.4, -0.2) is 0 Å². The van der Waals surface area contributed by atoms with Gasteiger partial charge in [-0.15, -0.1) is 0 Å². The summed E-state index contributed by atoms with van der Waals surface area (Å²) in [6, 6.07) is 67.7. The minimum Gasteiger partial charge on any atom is -0.310 e. The van der Waals surface area contributed by atoms with E-state index in [1.807, 2.05) is 0 Å². The molecule has 0 aliphatic rings. The molecule has 0 spiro atoms. The third-order valence-electron chi connectivity index (χ3n) is 8.63. The Balaban J connectivity index is 1.35. The molecule has 45 heavy (non-hydrogen) atoms. The molecule has 8 aromatic rings. The quantitative estimate of drug-likeness (QED) is 0.191. The summed E-state index contributed by atoms with van der Waals surface area (Å²) >= 11 is 0. The van der Waals surface area contributed by atoms with Crippen LogP contribution < -0.4 is 4.90 Å². The number of benzene rings is 8. The molecule has 0 unspecified atom stereocenters. The van der Waals surface area contributed by atoms with Crippen molar-refractivity contribution in [1.29, 1.82) is 0 Å². The van der Waals surface area contributed by atoms with Crippen LogP contribution in [0.15, 0.2) is 188 Å². The monoisotopic (exact) mass is 573 g/mol. The highest BCUT2D eigenvalue weighted by molar-refractivity contribution is 6.08. The molecule has 0 fully saturated rings. The van der Waals surface area contributed by atoms with Crippen LogP contribution in [0.5, 0.6) is 0 Å². The minimum absolute atomic E-state index is 1.11. The standard InChI is InChI=1S/C44H31N/c1-3-12-32(13-4-1)35-26-28-40(29-27-35)45(41-21-9-20-38(31-41)33-14-5-2-6-15-33)43-23-11-19-36-18-10-22-42(44(36)43)39-25-24-34-16-7-8-17-37(34)30-39/h1-31H. The zero-order chi connectivity index (χ0) is 30.0. The number of fused-ring (bicyclic) bond motifs is 2. The molecule has 8 aromatic carbocycles. The Morgan fingerprint density at radius 3 is 1.60 bits per heavy atom. The zero-order valence-electron chi connectivity index (χ0n) is 24.8. The van der Waals surface area contributed by atoms with Crippen LogP contribution in [0, 0.1) is 0 Å². The maximum absolute atomic E-state index is 2.41. The van der Waals surface area contributed by atoms with E-state index < -0.39 is 0 Å². The molecule has 0 amide bonds. The average molecular weight is 574 g/mol. The molecule has 212 valence electrons. The van der Waals surface area contributed by atoms with Gasteiger partial charge in [-0.3, -0.25) is 0 Å². The van der Waals surface area contributed by atoms with E-state index in [1.54, 1.807) is 0 Å². The van der Waals surface area contributed by atoms with E-state index in [4.69, 9.17) is 0 Å². The van der Waals surface area contributed by atoms with Crippen molar-refractivity contribution in [3.05, 3.63) is 188 Å². The van der Waals surface area contributed by atoms with Gasteiger partial charge in [-0.2, -0.15) is 0 Å². The van der Waals surface area contributed by atoms with Gasteiger partial charge in [0.2, 0.25) is 0 Å². The van der Waals surface area contributed by atoms with E-state index in [0.29, 0.717) is 0 Å². The highest BCUT2D eigenvalue weighted by Gasteiger charge is 2.19. The third-order valence-corrected chi connectivity index (χ3v) is 8.63. The maximum atomic E-state index is 2.41. The molecule has 8 rings (SSSR count). The van der Waals surface area contributed by atoms with Crippen molar-refractivity contribution < 1.29 is 0 Å². The Morgan fingerprint density at radius 2 is 0.844 bits per heavy atom. The van der Waals surface area contributed by atoms with Crippen molar-refractivity contribution in [3.8, 4) is 33.4 Å². The maximum Gasteiger partial charge on any atom is 0.0546 e. The number of nitrogens with zero attached hydrogens (tertiary/aromatic N) is 1. The lowest BCUT2D eigenvalue weighted by atomic mass is 9.94. The SMILES string of the molecule is c1ccc(-c2ccc(N(c3cccc(-c4ccccc4)c3)c3cccc4cccc(-c5ccc6ccccc6c5)c34)cc2)cc1. The highest BCUT2D eigenvalue weighted by atomic mass is 15.1. The van der Waals surface area contributed by atoms with Gasteiger partial charge in [-0.1, -0.05) is 152 Å². The second-order valence-electron chi connectivity index (χ2n) is 11.4. The molecule has 1 nitrogen and oxygen atoms in total. The first kappa shape index (κ1) is 26.7. The summed E-state index contributed by atoms with van der Waals surface area (Å²) < 4.78 is 0. The van der Waals surface area contributed by atoms with Crippen LogP contribution in [0.1, 0.15) is 0 Å². The normalized spacial score (nSPS) is 11.1. The molecule has 0 radical (unpaired) electrons. The summed E-state index contributed by atoms with van der Waals surface area (Å²) in [5.74, 6) is 0. The van der Waals surface area contributed by atoms with Crippen molar-refractivity contribution in [2.45, 2.75) is 0 Å². The average Bonchev–Trinajstić information content (AvgIpc) is 3.12. The molecule has 0 N–H and O–H groups in total. The molecule has 0 aromatic heterocycles. The van der Waals surface area contributed by atoms with Gasteiger partial charge in [0, 0.05) is 16.8 Å². The Bertz CT molecular complexity index is 2250. The van der Waals surface area contributed by atoms with E-state index in [1.165, 1.54) is 54.9 Å². The van der Waals surface area contributed by atoms with Crippen molar-refractivity contribution in [2.75, 3.05) is 4.90 Å². The summed E-state index contributed by atoms with van der Waals surface area (Å²) in [6.07, 6.45) is 0. The zero-order valence-corrected chi connectivity index (χ0v) is 24.8. The molecular weight excluding hydrogens is 542 g/mol. The lowest BCUT2D eigenvalue weighted by molar-refractivity contribution is 1.30. The second-order valence-corrected chi connectivity index (χ2v) is 11.4. The topological polar surface area (TPSA) is 3.24 Å². The first-order valence-corrected chi connectivity index (χ1v) is 15.4. The Morgan fingerprint density at radius 1 is 0.289 bits per heavy atom. The Kier molecular flexibility index (Phi) is 6.90. The fourth-order valence-corrected chi connectivity index (χ4v) is 6.42. The lowest BCUT2D eigenvalue weighted by Crippen LogP contribution is -2.11. The van der Waals surface area contributed by atoms with Gasteiger partial charge in [-0.05, 0) is 85.9 Å². The van der Waals surface area contributed by atoms with Gasteiger partial charge < -0.3 is 4.90 Å². The van der Waals surface area contributed by atoms with Crippen LogP contribution in [0.25, 0.3) is 54.9 Å². The van der Waals surface area contributed by atoms with Crippen LogP contribution >= 0.6 is 0 Å². The van der Waals surface area contributed by atoms with Crippen LogP contribution in [0.2, 0.25) is 0 Å². The van der Waals surface area contributed by atoms with Gasteiger partial charge in [0.25, 0.3) is 0 Å². The van der Waals surface area contributed by atoms with Gasteiger partial charge in [0.1, 0.15) is 0 Å². The molecule has 0 saturated carbocycles. The van der Waals surface area contributed by atoms with Gasteiger partial charge in [0.05, 0.1) is 5.69 Å². The van der Waals surface area contributed by atoms with Gasteiger partial charge >= 0.3 is 0 Å². The van der Waals surface area contributed by atoms with E-state index in [2.05, 4.69) is 193 Å². The summed E-state index contributed by atoms with van der Waals surface area (Å²) in [4.78, 5) is 2.41. The summed E-state index contributed by atoms with van der Waals surface area (Å²) in [7, 11) is 0. The fourth-order valence-electron chi connectivity index (χ4n) is 6.42. The number of hydrogen-bond donors (Lipinski definition) is 0. The number of hydrogen-bond acceptors (Lipinski definition) is 1. The third kappa shape index (κ3) is 5.15. The molecule has 0 atom stereocenters. The number of anilines is 3. The van der Waals surface area contributed by atoms with Crippen LogP contribution in [-0.2, 0) is 0 Å². The van der Waals surface area contributed by atoms with E-state index in [-0.39, 0.29) is 0 Å². The van der Waals surface area contributed by atoms with E-state index >= 15 is 0 Å². The van der Waals surface area contributed by atoms with Crippen LogP contribution in [0.4, 0.5) is 17.1 Å². The summed E-state index contributed by atoms with van der Waals surface area (Å²) in [6.45, 7) is 0. The summed E-state index contributed by atoms with van der Waals surface area (Å²) in [5, 5.41) is 4.93. The Hall–Kier alpha value is -5.92. The molecule has 0 bridgehead atoms. The second kappa shape index (κ2) is 11.6. The van der Waals surface area contributed by atoms with Crippen molar-refractivity contribution >= 4 is 38.6 Å². The van der Waals surface area contributed by atoms with Gasteiger partial charge in [-0.25, -0.2) is 0 Å². The number of rotatable bonds is 6. The van der Waals surface area contributed by atoms with Crippen molar-refractivity contribution in [2.24, 2.45) is 0 Å². The molecule has 0 aliphatic heterocycles. The predicted octanol–water partition coefficient (Wildman–Crippen LogP) is 12.5. The predicted molar refractivity (Wildman–Crippen MR) is 192 cm³/mol. The van der Waals surface area contributed by atoms with Crippen molar-refractivity contribution in [1.82, 2.24) is 0 Å². The molecule has 0 heterocycles. The minimum atomic E-state index is 1.11. The van der Waals surface area contributed by atoms with E-state index in [9.17, 15) is 0 Å². The fraction of sp³-hybridized carbons (Fsp3) is 0. The Labute approximate surface area is 264 Å². The first-order chi connectivity index (χ1) is 22.3. The molecule has 1 heteroatoms. The first-order valence-electron chi connectivity index (χ1n) is 15.4. The largest absolute Gasteiger partial charge is 0.310 e. The molecule has 0 saturated heterocycles. The van der Waals surface area contributed by atoms with E-state index in [0.717, 1.165) is 17.1 Å². The molecule has 0 aliphatic carbocycles. The van der Waals surface area contributed by atoms with Gasteiger partial charge in [0.15, 0.2) is 0 Å². The lowest BCUT2D eigenvalue weighted by Gasteiger charge is -2.28.